The summed E-state index contributed by atoms with van der Waals surface area (Å²) in [6.07, 6.45) is 16.3. The molecule has 194 valence electrons. The van der Waals surface area contributed by atoms with Crippen LogP contribution in [0.5, 0.6) is 0 Å². The van der Waals surface area contributed by atoms with Gasteiger partial charge in [0.15, 0.2) is 0 Å². The van der Waals surface area contributed by atoms with Crippen LogP contribution in [-0.2, 0) is 19.1 Å². The maximum atomic E-state index is 14.0. The predicted octanol–water partition coefficient (Wildman–Crippen LogP) is 3.32. The number of hydrogen-bond donors (Lipinski definition) is 1. The van der Waals surface area contributed by atoms with Crippen LogP contribution in [0, 0.1) is 11.8 Å². The van der Waals surface area contributed by atoms with Gasteiger partial charge in [0.1, 0.15) is 6.04 Å². The lowest BCUT2D eigenvalue weighted by molar-refractivity contribution is -0.153. The molecular weight excluding hydrogens is 464 g/mol. The third kappa shape index (κ3) is 5.19. The van der Waals surface area contributed by atoms with Crippen molar-refractivity contribution >= 4 is 29.5 Å². The molecule has 8 heteroatoms. The first-order chi connectivity index (χ1) is 17.0. The monoisotopic (exact) mass is 504 g/mol. The van der Waals surface area contributed by atoms with Gasteiger partial charge in [0.05, 0.1) is 23.2 Å². The van der Waals surface area contributed by atoms with E-state index in [-0.39, 0.29) is 29.6 Å². The van der Waals surface area contributed by atoms with Crippen LogP contribution < -0.4 is 0 Å². The van der Waals surface area contributed by atoms with E-state index in [0.29, 0.717) is 26.2 Å². The number of thioether (sulfide) groups is 1. The lowest BCUT2D eigenvalue weighted by Crippen LogP contribution is -2.53. The third-order valence-electron chi connectivity index (χ3n) is 7.77. The lowest BCUT2D eigenvalue weighted by Gasteiger charge is -2.35. The highest BCUT2D eigenvalue weighted by Crippen LogP contribution is 2.60. The van der Waals surface area contributed by atoms with Crippen molar-refractivity contribution in [3.05, 3.63) is 24.3 Å². The molecular formula is C27H40N2O5S. The first kappa shape index (κ1) is 26.3. The molecule has 0 bridgehead atoms. The number of ether oxygens (including phenoxy) is 1. The Labute approximate surface area is 213 Å². The first-order valence-corrected chi connectivity index (χ1v) is 14.3. The molecule has 2 saturated heterocycles. The highest BCUT2D eigenvalue weighted by atomic mass is 32.2. The lowest BCUT2D eigenvalue weighted by atomic mass is 9.78. The molecule has 4 rings (SSSR count). The Kier molecular flexibility index (Phi) is 8.97. The van der Waals surface area contributed by atoms with Crippen molar-refractivity contribution in [1.29, 1.82) is 0 Å². The summed E-state index contributed by atoms with van der Waals surface area (Å²) in [5.41, 5.74) is 0. The van der Waals surface area contributed by atoms with Gasteiger partial charge in [-0.05, 0) is 32.1 Å². The molecule has 1 spiro atoms. The number of aliphatic hydroxyl groups is 1. The minimum atomic E-state index is -0.753. The van der Waals surface area contributed by atoms with E-state index in [2.05, 4.69) is 25.2 Å². The Morgan fingerprint density at radius 1 is 1.06 bits per heavy atom. The molecule has 0 saturated carbocycles. The van der Waals surface area contributed by atoms with E-state index in [9.17, 15) is 14.4 Å². The predicted molar refractivity (Wildman–Crippen MR) is 137 cm³/mol. The Morgan fingerprint density at radius 2 is 1.86 bits per heavy atom. The third-order valence-corrected chi connectivity index (χ3v) is 9.52. The molecule has 2 amide bonds. The summed E-state index contributed by atoms with van der Waals surface area (Å²) in [4.78, 5) is 45.0. The Hall–Kier alpha value is -1.80. The molecule has 0 aromatic heterocycles. The highest BCUT2D eigenvalue weighted by molar-refractivity contribution is 8.02. The topological polar surface area (TPSA) is 87.2 Å². The van der Waals surface area contributed by atoms with E-state index in [0.717, 1.165) is 57.8 Å². The molecule has 2 fully saturated rings. The summed E-state index contributed by atoms with van der Waals surface area (Å²) in [6.45, 7) is 4.41. The Bertz CT molecular complexity index is 845. The summed E-state index contributed by atoms with van der Waals surface area (Å²) >= 11 is 1.62. The highest BCUT2D eigenvalue weighted by Gasteiger charge is 2.70. The molecule has 0 aliphatic carbocycles. The minimum Gasteiger partial charge on any atom is -0.465 e. The van der Waals surface area contributed by atoms with Gasteiger partial charge in [-0.1, -0.05) is 56.9 Å². The number of esters is 1. The van der Waals surface area contributed by atoms with Crippen LogP contribution in [-0.4, -0.2) is 81.6 Å². The zero-order chi connectivity index (χ0) is 24.8. The van der Waals surface area contributed by atoms with Gasteiger partial charge in [0.2, 0.25) is 11.8 Å². The number of aliphatic hydroxyl groups excluding tert-OH is 1. The molecule has 5 atom stereocenters. The number of likely N-dealkylation sites (tertiary alicyclic amines) is 1. The summed E-state index contributed by atoms with van der Waals surface area (Å²) in [5, 5.41) is 8.92. The Balaban J connectivity index is 1.66. The molecule has 7 nitrogen and oxygen atoms in total. The largest absolute Gasteiger partial charge is 0.465 e. The number of fused-ring (bicyclic) bond motifs is 2. The van der Waals surface area contributed by atoms with Crippen molar-refractivity contribution in [2.24, 2.45) is 11.8 Å². The fourth-order valence-electron chi connectivity index (χ4n) is 6.04. The molecule has 1 N–H and O–H groups in total. The van der Waals surface area contributed by atoms with Gasteiger partial charge >= 0.3 is 5.97 Å². The van der Waals surface area contributed by atoms with Crippen LogP contribution >= 0.6 is 11.8 Å². The molecule has 1 unspecified atom stereocenters. The smallest absolute Gasteiger partial charge is 0.311 e. The van der Waals surface area contributed by atoms with E-state index in [1.165, 1.54) is 0 Å². The van der Waals surface area contributed by atoms with E-state index < -0.39 is 22.6 Å². The number of carbonyl (C=O) groups is 3. The van der Waals surface area contributed by atoms with E-state index in [1.807, 2.05) is 11.0 Å². The van der Waals surface area contributed by atoms with Crippen LogP contribution in [0.1, 0.15) is 64.7 Å². The average Bonchev–Trinajstić information content (AvgIpc) is 3.25. The maximum absolute atomic E-state index is 14.0. The molecule has 35 heavy (non-hydrogen) atoms. The second kappa shape index (κ2) is 12.0. The molecule has 0 aromatic carbocycles. The molecule has 4 aliphatic rings. The van der Waals surface area contributed by atoms with Crippen molar-refractivity contribution < 1.29 is 24.2 Å². The molecule has 4 heterocycles. The fourth-order valence-corrected chi connectivity index (χ4v) is 8.04. The molecule has 0 aromatic rings. The summed E-state index contributed by atoms with van der Waals surface area (Å²) in [6, 6.07) is -0.597. The average molecular weight is 505 g/mol. The van der Waals surface area contributed by atoms with Crippen molar-refractivity contribution in [3.63, 3.8) is 0 Å². The number of allylic oxidation sites excluding steroid dienone is 1. The molecule has 4 aliphatic heterocycles. The van der Waals surface area contributed by atoms with Gasteiger partial charge < -0.3 is 19.6 Å². The second-order valence-electron chi connectivity index (χ2n) is 10.1. The summed E-state index contributed by atoms with van der Waals surface area (Å²) in [5.74, 6) is -1.56. The van der Waals surface area contributed by atoms with E-state index in [1.54, 1.807) is 16.7 Å². The number of unbranched alkanes of at least 4 members (excludes halogenated alkanes) is 5. The standard InChI is InChI=1S/C27H40N2O5S/c1-2-3-8-15-28-16-12-14-27-22(21-20(35-27)13-7-6-11-19-34-26(21)33)24(31)29(23(27)25(28)32)17-9-4-5-10-18-30/h7,12-14,20-23,30H,2-6,8-11,15-19H2,1H3/b13-7-/t20-,21+,22+,23?,27+/m1/s1. The fraction of sp³-hybridized carbons (Fsp3) is 0.741. The first-order valence-electron chi connectivity index (χ1n) is 13.4. The zero-order valence-corrected chi connectivity index (χ0v) is 21.7. The van der Waals surface area contributed by atoms with Gasteiger partial charge in [-0.15, -0.1) is 11.8 Å². The van der Waals surface area contributed by atoms with Crippen molar-refractivity contribution in [1.82, 2.24) is 9.80 Å². The van der Waals surface area contributed by atoms with E-state index >= 15 is 0 Å². The number of amides is 2. The summed E-state index contributed by atoms with van der Waals surface area (Å²) < 4.78 is 4.86. The zero-order valence-electron chi connectivity index (χ0n) is 20.9. The van der Waals surface area contributed by atoms with Gasteiger partial charge in [-0.25, -0.2) is 0 Å². The van der Waals surface area contributed by atoms with Gasteiger partial charge in [0.25, 0.3) is 0 Å². The van der Waals surface area contributed by atoms with Crippen molar-refractivity contribution in [2.75, 3.05) is 32.8 Å². The number of nitrogens with zero attached hydrogens (tertiary/aromatic N) is 2. The van der Waals surface area contributed by atoms with Gasteiger partial charge in [-0.2, -0.15) is 0 Å². The minimum absolute atomic E-state index is 0.00801. The van der Waals surface area contributed by atoms with Crippen LogP contribution in [0.3, 0.4) is 0 Å². The second-order valence-corrected chi connectivity index (χ2v) is 11.6. The summed E-state index contributed by atoms with van der Waals surface area (Å²) in [7, 11) is 0. The quantitative estimate of drug-likeness (QED) is 0.279. The Morgan fingerprint density at radius 3 is 2.66 bits per heavy atom. The van der Waals surface area contributed by atoms with Gasteiger partial charge in [0, 0.05) is 31.5 Å². The number of rotatable bonds is 10. The van der Waals surface area contributed by atoms with Gasteiger partial charge in [-0.3, -0.25) is 14.4 Å². The van der Waals surface area contributed by atoms with Crippen LogP contribution in [0.4, 0.5) is 0 Å². The van der Waals surface area contributed by atoms with Crippen molar-refractivity contribution in [3.8, 4) is 0 Å². The number of cyclic esters (lactones) is 1. The normalized spacial score (nSPS) is 33.4. The molecule has 0 radical (unpaired) electrons. The number of hydrogen-bond acceptors (Lipinski definition) is 6. The maximum Gasteiger partial charge on any atom is 0.311 e. The van der Waals surface area contributed by atoms with E-state index in [4.69, 9.17) is 9.84 Å². The van der Waals surface area contributed by atoms with Crippen LogP contribution in [0.25, 0.3) is 0 Å². The van der Waals surface area contributed by atoms with Crippen LogP contribution in [0.15, 0.2) is 24.3 Å². The number of carbonyl (C=O) groups excluding carboxylic acids is 3. The van der Waals surface area contributed by atoms with Crippen molar-refractivity contribution in [2.45, 2.75) is 80.7 Å². The van der Waals surface area contributed by atoms with Crippen LogP contribution in [0.2, 0.25) is 0 Å². The SMILES string of the molecule is CCCCCN1CC=C[C@]23S[C@@H]4/C=C\CCCOC(=O)[C@@H]4[C@H]2C(=O)N(CCCCCCO)C3C1=O.